The molecule has 3 heteroatoms. The van der Waals surface area contributed by atoms with Crippen LogP contribution in [0.3, 0.4) is 0 Å². The molecule has 0 aromatic heterocycles. The Hall–Kier alpha value is -1.74. The molecule has 3 nitrogen and oxygen atoms in total. The van der Waals surface area contributed by atoms with Crippen molar-refractivity contribution in [2.24, 2.45) is 0 Å². The van der Waals surface area contributed by atoms with Crippen LogP contribution in [0.15, 0.2) is 36.4 Å². The number of hydrogen-bond acceptors (Lipinski definition) is 3. The molecule has 18 heavy (non-hydrogen) atoms. The molecular weight excluding hydrogens is 228 g/mol. The molecule has 2 aromatic carbocycles. The van der Waals surface area contributed by atoms with E-state index in [9.17, 15) is 5.11 Å². The Balaban J connectivity index is 2.01. The Bertz CT molecular complexity index is 508. The fourth-order valence-electron chi connectivity index (χ4n) is 1.78. The Morgan fingerprint density at radius 2 is 1.72 bits per heavy atom. The quantitative estimate of drug-likeness (QED) is 0.794. The molecule has 0 aliphatic heterocycles. The average molecular weight is 246 g/mol. The molecule has 0 aliphatic carbocycles. The van der Waals surface area contributed by atoms with E-state index in [1.165, 1.54) is 0 Å². The number of ether oxygens (including phenoxy) is 2. The van der Waals surface area contributed by atoms with E-state index < -0.39 is 0 Å². The molecule has 0 saturated heterocycles. The van der Waals surface area contributed by atoms with E-state index in [4.69, 9.17) is 9.47 Å². The van der Waals surface area contributed by atoms with Crippen LogP contribution < -0.4 is 4.74 Å². The van der Waals surface area contributed by atoms with Crippen LogP contribution in [-0.4, -0.2) is 24.9 Å². The standard InChI is InChI=1S/C15H18O3/c1-2-7-17-8-9-18-15-11-13-6-4-3-5-12(13)10-14(15)16/h3-6,10-11,16H,2,7-9H2,1H3. The van der Waals surface area contributed by atoms with E-state index in [2.05, 4.69) is 6.92 Å². The second-order valence-corrected chi connectivity index (χ2v) is 4.13. The summed E-state index contributed by atoms with van der Waals surface area (Å²) >= 11 is 0. The lowest BCUT2D eigenvalue weighted by Gasteiger charge is -2.09. The highest BCUT2D eigenvalue weighted by Crippen LogP contribution is 2.31. The normalized spacial score (nSPS) is 10.7. The van der Waals surface area contributed by atoms with Crippen LogP contribution in [0, 0.1) is 0 Å². The summed E-state index contributed by atoms with van der Waals surface area (Å²) in [6, 6.07) is 11.4. The summed E-state index contributed by atoms with van der Waals surface area (Å²) in [6.07, 6.45) is 1.00. The van der Waals surface area contributed by atoms with Crippen LogP contribution in [-0.2, 0) is 4.74 Å². The van der Waals surface area contributed by atoms with Crippen LogP contribution in [0.4, 0.5) is 0 Å². The van der Waals surface area contributed by atoms with Crippen molar-refractivity contribution < 1.29 is 14.6 Å². The first kappa shape index (κ1) is 12.7. The number of phenols is 1. The lowest BCUT2D eigenvalue weighted by molar-refractivity contribution is 0.0996. The molecule has 0 amide bonds. The molecule has 96 valence electrons. The largest absolute Gasteiger partial charge is 0.504 e. The first-order valence-electron chi connectivity index (χ1n) is 6.23. The molecule has 2 rings (SSSR count). The van der Waals surface area contributed by atoms with Crippen LogP contribution >= 0.6 is 0 Å². The van der Waals surface area contributed by atoms with E-state index in [1.54, 1.807) is 6.07 Å². The van der Waals surface area contributed by atoms with Gasteiger partial charge in [-0.2, -0.15) is 0 Å². The van der Waals surface area contributed by atoms with Crippen molar-refractivity contribution in [1.82, 2.24) is 0 Å². The van der Waals surface area contributed by atoms with Crippen molar-refractivity contribution in [1.29, 1.82) is 0 Å². The summed E-state index contributed by atoms with van der Waals surface area (Å²) in [5.74, 6) is 0.679. The summed E-state index contributed by atoms with van der Waals surface area (Å²) in [5.41, 5.74) is 0. The maximum atomic E-state index is 9.85. The highest BCUT2D eigenvalue weighted by Gasteiger charge is 2.04. The van der Waals surface area contributed by atoms with Crippen LogP contribution in [0.1, 0.15) is 13.3 Å². The molecule has 0 heterocycles. The van der Waals surface area contributed by atoms with Crippen molar-refractivity contribution >= 4 is 10.8 Å². The maximum Gasteiger partial charge on any atom is 0.161 e. The third kappa shape index (κ3) is 3.14. The topological polar surface area (TPSA) is 38.7 Å². The second-order valence-electron chi connectivity index (χ2n) is 4.13. The number of aromatic hydroxyl groups is 1. The van der Waals surface area contributed by atoms with Crippen molar-refractivity contribution in [3.05, 3.63) is 36.4 Å². The number of benzene rings is 2. The van der Waals surface area contributed by atoms with Crippen molar-refractivity contribution in [2.45, 2.75) is 13.3 Å². The molecule has 0 bridgehead atoms. The van der Waals surface area contributed by atoms with Gasteiger partial charge in [0.1, 0.15) is 6.61 Å². The fourth-order valence-corrected chi connectivity index (χ4v) is 1.78. The SMILES string of the molecule is CCCOCCOc1cc2ccccc2cc1O. The van der Waals surface area contributed by atoms with Gasteiger partial charge in [-0.05, 0) is 29.3 Å². The van der Waals surface area contributed by atoms with Crippen molar-refractivity contribution in [3.63, 3.8) is 0 Å². The predicted molar refractivity (Wildman–Crippen MR) is 72.2 cm³/mol. The highest BCUT2D eigenvalue weighted by molar-refractivity contribution is 5.85. The van der Waals surface area contributed by atoms with Gasteiger partial charge in [-0.1, -0.05) is 31.2 Å². The minimum atomic E-state index is 0.171. The van der Waals surface area contributed by atoms with Gasteiger partial charge in [-0.15, -0.1) is 0 Å². The monoisotopic (exact) mass is 246 g/mol. The van der Waals surface area contributed by atoms with Crippen LogP contribution in [0.5, 0.6) is 11.5 Å². The molecule has 0 radical (unpaired) electrons. The van der Waals surface area contributed by atoms with E-state index >= 15 is 0 Å². The zero-order valence-electron chi connectivity index (χ0n) is 10.6. The van der Waals surface area contributed by atoms with Crippen molar-refractivity contribution in [2.75, 3.05) is 19.8 Å². The minimum absolute atomic E-state index is 0.171. The molecule has 0 atom stereocenters. The first-order chi connectivity index (χ1) is 8.81. The number of fused-ring (bicyclic) bond motifs is 1. The third-order valence-electron chi connectivity index (χ3n) is 2.66. The maximum absolute atomic E-state index is 9.85. The van der Waals surface area contributed by atoms with Gasteiger partial charge >= 0.3 is 0 Å². The average Bonchev–Trinajstić information content (AvgIpc) is 2.39. The van der Waals surface area contributed by atoms with Crippen LogP contribution in [0.2, 0.25) is 0 Å². The minimum Gasteiger partial charge on any atom is -0.504 e. The predicted octanol–water partition coefficient (Wildman–Crippen LogP) is 3.35. The van der Waals surface area contributed by atoms with Gasteiger partial charge in [0.05, 0.1) is 6.61 Å². The summed E-state index contributed by atoms with van der Waals surface area (Å²) in [7, 11) is 0. The van der Waals surface area contributed by atoms with Crippen molar-refractivity contribution in [3.8, 4) is 11.5 Å². The molecule has 0 saturated carbocycles. The van der Waals surface area contributed by atoms with Gasteiger partial charge in [0, 0.05) is 6.61 Å². The summed E-state index contributed by atoms with van der Waals surface area (Å²) in [6.45, 7) is 3.80. The Labute approximate surface area is 107 Å². The molecule has 0 fully saturated rings. The zero-order valence-corrected chi connectivity index (χ0v) is 10.6. The van der Waals surface area contributed by atoms with E-state index in [0.717, 1.165) is 23.8 Å². The Morgan fingerprint density at radius 1 is 1.00 bits per heavy atom. The fraction of sp³-hybridized carbons (Fsp3) is 0.333. The molecule has 2 aromatic rings. The van der Waals surface area contributed by atoms with Gasteiger partial charge in [0.2, 0.25) is 0 Å². The van der Waals surface area contributed by atoms with Gasteiger partial charge in [0.15, 0.2) is 11.5 Å². The van der Waals surface area contributed by atoms with Gasteiger partial charge in [-0.3, -0.25) is 0 Å². The van der Waals surface area contributed by atoms with E-state index in [-0.39, 0.29) is 5.75 Å². The molecular formula is C15H18O3. The first-order valence-corrected chi connectivity index (χ1v) is 6.23. The molecule has 1 N–H and O–H groups in total. The van der Waals surface area contributed by atoms with Gasteiger partial charge in [0.25, 0.3) is 0 Å². The lowest BCUT2D eigenvalue weighted by atomic mass is 10.1. The molecule has 0 aliphatic rings. The Morgan fingerprint density at radius 3 is 2.44 bits per heavy atom. The van der Waals surface area contributed by atoms with Gasteiger partial charge in [-0.25, -0.2) is 0 Å². The summed E-state index contributed by atoms with van der Waals surface area (Å²) in [4.78, 5) is 0. The molecule has 0 unspecified atom stereocenters. The van der Waals surface area contributed by atoms with Crippen LogP contribution in [0.25, 0.3) is 10.8 Å². The summed E-state index contributed by atoms with van der Waals surface area (Å²) < 4.78 is 10.8. The number of hydrogen-bond donors (Lipinski definition) is 1. The molecule has 0 spiro atoms. The number of rotatable bonds is 6. The smallest absolute Gasteiger partial charge is 0.161 e. The zero-order chi connectivity index (χ0) is 12.8. The van der Waals surface area contributed by atoms with E-state index in [1.807, 2.05) is 30.3 Å². The second kappa shape index (κ2) is 6.26. The Kier molecular flexibility index (Phi) is 4.42. The summed E-state index contributed by atoms with van der Waals surface area (Å²) in [5, 5.41) is 11.9. The third-order valence-corrected chi connectivity index (χ3v) is 2.66. The highest BCUT2D eigenvalue weighted by atomic mass is 16.5. The lowest BCUT2D eigenvalue weighted by Crippen LogP contribution is -2.07. The number of phenolic OH excluding ortho intramolecular Hbond substituents is 1. The van der Waals surface area contributed by atoms with Gasteiger partial charge < -0.3 is 14.6 Å². The van der Waals surface area contributed by atoms with E-state index in [0.29, 0.717) is 19.0 Å².